The van der Waals surface area contributed by atoms with E-state index < -0.39 is 16.9 Å². The number of rotatable bonds is 5. The second kappa shape index (κ2) is 5.63. The molecule has 1 aromatic heterocycles. The van der Waals surface area contributed by atoms with Crippen LogP contribution in [0.3, 0.4) is 0 Å². The largest absolute Gasteiger partial charge is 0.368 e. The Kier molecular flexibility index (Phi) is 4.43. The maximum absolute atomic E-state index is 11.2. The highest BCUT2D eigenvalue weighted by Crippen LogP contribution is 2.25. The maximum atomic E-state index is 11.2. The number of primary amides is 1. The summed E-state index contributed by atoms with van der Waals surface area (Å²) in [4.78, 5) is 25.3. The van der Waals surface area contributed by atoms with Crippen molar-refractivity contribution in [2.75, 3.05) is 5.32 Å². The lowest BCUT2D eigenvalue weighted by molar-refractivity contribution is -0.384. The highest BCUT2D eigenvalue weighted by molar-refractivity contribution is 6.29. The molecule has 1 rings (SSSR count). The molecule has 0 aliphatic rings. The monoisotopic (exact) mass is 272 g/mol. The van der Waals surface area contributed by atoms with Crippen LogP contribution in [0.2, 0.25) is 5.15 Å². The summed E-state index contributed by atoms with van der Waals surface area (Å²) in [5, 5.41) is 13.6. The van der Waals surface area contributed by atoms with Crippen LogP contribution in [-0.4, -0.2) is 21.9 Å². The molecule has 98 valence electrons. The number of nitrogens with one attached hydrogen (secondary N) is 1. The number of carbonyl (C=O) groups excluding carboxylic acids is 1. The summed E-state index contributed by atoms with van der Waals surface area (Å²) < 4.78 is 0. The van der Waals surface area contributed by atoms with Gasteiger partial charge in [-0.25, -0.2) is 4.98 Å². The van der Waals surface area contributed by atoms with Gasteiger partial charge >= 0.3 is 5.69 Å². The second-order valence-corrected chi connectivity index (χ2v) is 4.41. The van der Waals surface area contributed by atoms with Crippen LogP contribution in [0.25, 0.3) is 0 Å². The third kappa shape index (κ3) is 3.30. The number of nitro groups is 1. The van der Waals surface area contributed by atoms with Gasteiger partial charge in [-0.05, 0) is 12.0 Å². The Bertz CT molecular complexity index is 478. The smallest absolute Gasteiger partial charge is 0.311 e. The van der Waals surface area contributed by atoms with Gasteiger partial charge in [-0.3, -0.25) is 14.9 Å². The molecule has 1 atom stereocenters. The molecule has 8 heteroatoms. The summed E-state index contributed by atoms with van der Waals surface area (Å²) in [6, 6.07) is 1.77. The van der Waals surface area contributed by atoms with E-state index >= 15 is 0 Å². The van der Waals surface area contributed by atoms with E-state index in [1.54, 1.807) is 13.8 Å². The molecule has 0 radical (unpaired) electrons. The van der Waals surface area contributed by atoms with Crippen molar-refractivity contribution in [3.63, 3.8) is 0 Å². The van der Waals surface area contributed by atoms with E-state index in [1.807, 2.05) is 0 Å². The molecule has 0 bridgehead atoms. The minimum atomic E-state index is -0.755. The van der Waals surface area contributed by atoms with Gasteiger partial charge in [0.25, 0.3) is 0 Å². The maximum Gasteiger partial charge on any atom is 0.311 e. The molecule has 3 N–H and O–H groups in total. The van der Waals surface area contributed by atoms with E-state index in [0.717, 1.165) is 0 Å². The molecule has 0 saturated heterocycles. The van der Waals surface area contributed by atoms with E-state index in [2.05, 4.69) is 10.3 Å². The molecule has 18 heavy (non-hydrogen) atoms. The number of pyridine rings is 1. The van der Waals surface area contributed by atoms with Crippen molar-refractivity contribution in [1.82, 2.24) is 4.98 Å². The van der Waals surface area contributed by atoms with Gasteiger partial charge < -0.3 is 11.1 Å². The fraction of sp³-hybridized carbons (Fsp3) is 0.400. The van der Waals surface area contributed by atoms with Crippen molar-refractivity contribution >= 4 is 29.0 Å². The summed E-state index contributed by atoms with van der Waals surface area (Å²) in [6.45, 7) is 3.53. The van der Waals surface area contributed by atoms with Gasteiger partial charge in [-0.15, -0.1) is 0 Å². The first-order valence-electron chi connectivity index (χ1n) is 5.19. The molecule has 1 amide bonds. The third-order valence-electron chi connectivity index (χ3n) is 2.30. The lowest BCUT2D eigenvalue weighted by Gasteiger charge is -2.19. The summed E-state index contributed by atoms with van der Waals surface area (Å²) in [5.41, 5.74) is 4.96. The lowest BCUT2D eigenvalue weighted by Crippen LogP contribution is -2.39. The molecular formula is C10H13ClN4O3. The number of aromatic nitrogens is 1. The summed E-state index contributed by atoms with van der Waals surface area (Å²) >= 11 is 5.67. The minimum absolute atomic E-state index is 0.0648. The van der Waals surface area contributed by atoms with Gasteiger partial charge in [0.15, 0.2) is 0 Å². The Balaban J connectivity index is 3.12. The standard InChI is InChI=1S/C10H13ClN4O3/c1-5(2)8(9(12)16)14-10-6(15(17)18)3-4-7(11)13-10/h3-5,8H,1-2H3,(H2,12,16)(H,13,14). The van der Waals surface area contributed by atoms with Crippen LogP contribution in [0.5, 0.6) is 0 Å². The van der Waals surface area contributed by atoms with E-state index in [9.17, 15) is 14.9 Å². The number of amides is 1. The average Bonchev–Trinajstić information content (AvgIpc) is 2.24. The molecule has 0 aromatic carbocycles. The first-order chi connectivity index (χ1) is 8.32. The third-order valence-corrected chi connectivity index (χ3v) is 2.51. The Morgan fingerprint density at radius 1 is 1.56 bits per heavy atom. The van der Waals surface area contributed by atoms with Crippen molar-refractivity contribution in [2.45, 2.75) is 19.9 Å². The quantitative estimate of drug-likeness (QED) is 0.480. The molecule has 0 saturated carbocycles. The molecule has 7 nitrogen and oxygen atoms in total. The fourth-order valence-corrected chi connectivity index (χ4v) is 1.54. The Labute approximate surface area is 108 Å². The first-order valence-corrected chi connectivity index (χ1v) is 5.57. The molecule has 1 heterocycles. The van der Waals surface area contributed by atoms with Gasteiger partial charge in [0, 0.05) is 6.07 Å². The Hall–Kier alpha value is -1.89. The average molecular weight is 273 g/mol. The van der Waals surface area contributed by atoms with E-state index in [0.29, 0.717) is 0 Å². The van der Waals surface area contributed by atoms with Crippen LogP contribution in [0.1, 0.15) is 13.8 Å². The van der Waals surface area contributed by atoms with Gasteiger partial charge in [-0.2, -0.15) is 0 Å². The highest BCUT2D eigenvalue weighted by atomic mass is 35.5. The molecule has 1 unspecified atom stereocenters. The van der Waals surface area contributed by atoms with E-state index in [1.165, 1.54) is 12.1 Å². The molecule has 0 spiro atoms. The fourth-order valence-electron chi connectivity index (χ4n) is 1.40. The van der Waals surface area contributed by atoms with Crippen LogP contribution >= 0.6 is 11.6 Å². The summed E-state index contributed by atoms with van der Waals surface area (Å²) in [5.74, 6) is -0.811. The van der Waals surface area contributed by atoms with Crippen molar-refractivity contribution in [1.29, 1.82) is 0 Å². The van der Waals surface area contributed by atoms with Crippen LogP contribution < -0.4 is 11.1 Å². The first kappa shape index (κ1) is 14.2. The lowest BCUT2D eigenvalue weighted by atomic mass is 10.0. The number of hydrogen-bond donors (Lipinski definition) is 2. The van der Waals surface area contributed by atoms with Gasteiger partial charge in [0.05, 0.1) is 4.92 Å². The normalized spacial score (nSPS) is 12.2. The summed E-state index contributed by atoms with van der Waals surface area (Å²) in [6.07, 6.45) is 0. The topological polar surface area (TPSA) is 111 Å². The minimum Gasteiger partial charge on any atom is -0.368 e. The van der Waals surface area contributed by atoms with E-state index in [-0.39, 0.29) is 22.6 Å². The number of nitrogens with two attached hydrogens (primary N) is 1. The van der Waals surface area contributed by atoms with Crippen molar-refractivity contribution in [2.24, 2.45) is 11.7 Å². The van der Waals surface area contributed by atoms with Gasteiger partial charge in [0.1, 0.15) is 11.2 Å². The number of carbonyl (C=O) groups is 1. The highest BCUT2D eigenvalue weighted by Gasteiger charge is 2.24. The number of halogens is 1. The molecule has 0 aliphatic carbocycles. The number of nitrogens with zero attached hydrogens (tertiary/aromatic N) is 2. The van der Waals surface area contributed by atoms with Crippen LogP contribution in [-0.2, 0) is 4.79 Å². The Morgan fingerprint density at radius 3 is 2.61 bits per heavy atom. The SMILES string of the molecule is CC(C)C(Nc1nc(Cl)ccc1[N+](=O)[O-])C(N)=O. The van der Waals surface area contributed by atoms with Crippen molar-refractivity contribution < 1.29 is 9.72 Å². The van der Waals surface area contributed by atoms with Crippen LogP contribution in [0, 0.1) is 16.0 Å². The van der Waals surface area contributed by atoms with E-state index in [4.69, 9.17) is 17.3 Å². The van der Waals surface area contributed by atoms with Crippen molar-refractivity contribution in [3.8, 4) is 0 Å². The second-order valence-electron chi connectivity index (χ2n) is 4.03. The predicted molar refractivity (Wildman–Crippen MR) is 67.3 cm³/mol. The number of hydrogen-bond acceptors (Lipinski definition) is 5. The zero-order valence-corrected chi connectivity index (χ0v) is 10.6. The molecule has 0 aliphatic heterocycles. The number of anilines is 1. The van der Waals surface area contributed by atoms with Crippen molar-refractivity contribution in [3.05, 3.63) is 27.4 Å². The zero-order chi connectivity index (χ0) is 13.9. The van der Waals surface area contributed by atoms with Crippen LogP contribution in [0.4, 0.5) is 11.5 Å². The Morgan fingerprint density at radius 2 is 2.17 bits per heavy atom. The van der Waals surface area contributed by atoms with Gasteiger partial charge in [0.2, 0.25) is 11.7 Å². The predicted octanol–water partition coefficient (Wildman–Crippen LogP) is 1.56. The zero-order valence-electron chi connectivity index (χ0n) is 9.88. The van der Waals surface area contributed by atoms with Gasteiger partial charge in [-0.1, -0.05) is 25.4 Å². The molecule has 1 aromatic rings. The van der Waals surface area contributed by atoms with Crippen LogP contribution in [0.15, 0.2) is 12.1 Å². The summed E-state index contributed by atoms with van der Waals surface area (Å²) in [7, 11) is 0. The molecule has 0 fully saturated rings. The molecular weight excluding hydrogens is 260 g/mol.